The van der Waals surface area contributed by atoms with E-state index in [1.807, 2.05) is 20.0 Å². The van der Waals surface area contributed by atoms with Crippen molar-refractivity contribution in [2.75, 3.05) is 14.2 Å². The van der Waals surface area contributed by atoms with E-state index >= 15 is 0 Å². The minimum atomic E-state index is -4.18. The fourth-order valence-electron chi connectivity index (χ4n) is 6.76. The van der Waals surface area contributed by atoms with Gasteiger partial charge in [0.05, 0.1) is 7.11 Å². The van der Waals surface area contributed by atoms with Crippen molar-refractivity contribution in [2.24, 2.45) is 10.8 Å². The van der Waals surface area contributed by atoms with Crippen LogP contribution in [0.5, 0.6) is 11.5 Å². The standard InChI is InChI=1S/C35H41NO6S/c1-9-10-22-15-23(16-29(41-8)33(22)42-43(39,40)24-13-11-21(2)12-14-24)30-31-25(17-34(3,4)19-27(31)37)36(7)26-18-35(5,6)20-28(38)32(26)30/h9,11-16,30H,1,10,17-20H2,2-8H3. The van der Waals surface area contributed by atoms with Crippen LogP contribution in [0.25, 0.3) is 0 Å². The molecule has 5 rings (SSSR count). The van der Waals surface area contributed by atoms with Gasteiger partial charge in [-0.25, -0.2) is 0 Å². The van der Waals surface area contributed by atoms with Gasteiger partial charge in [0.25, 0.3) is 0 Å². The van der Waals surface area contributed by atoms with Crippen molar-refractivity contribution in [1.82, 2.24) is 4.90 Å². The number of aryl methyl sites for hydroxylation is 1. The van der Waals surface area contributed by atoms with Gasteiger partial charge in [0.15, 0.2) is 23.1 Å². The number of benzene rings is 2. The van der Waals surface area contributed by atoms with Crippen LogP contribution in [0.15, 0.2) is 76.5 Å². The summed E-state index contributed by atoms with van der Waals surface area (Å²) in [7, 11) is -0.752. The Morgan fingerprint density at radius 2 is 1.47 bits per heavy atom. The number of ketones is 2. The van der Waals surface area contributed by atoms with Gasteiger partial charge in [-0.05, 0) is 60.8 Å². The minimum Gasteiger partial charge on any atom is -0.493 e. The average molecular weight is 604 g/mol. The summed E-state index contributed by atoms with van der Waals surface area (Å²) in [5.41, 5.74) is 4.91. The van der Waals surface area contributed by atoms with Crippen molar-refractivity contribution in [3.05, 3.63) is 88.3 Å². The zero-order valence-corrected chi connectivity index (χ0v) is 27.0. The molecule has 0 N–H and O–H groups in total. The Kier molecular flexibility index (Phi) is 7.74. The first kappa shape index (κ1) is 30.8. The summed E-state index contributed by atoms with van der Waals surface area (Å²) in [6.07, 6.45) is 4.13. The van der Waals surface area contributed by atoms with Crippen molar-refractivity contribution in [2.45, 2.75) is 77.5 Å². The van der Waals surface area contributed by atoms with Crippen LogP contribution in [0.3, 0.4) is 0 Å². The number of rotatable bonds is 7. The smallest absolute Gasteiger partial charge is 0.339 e. The van der Waals surface area contributed by atoms with E-state index < -0.39 is 16.0 Å². The second-order valence-electron chi connectivity index (χ2n) is 13.6. The quantitative estimate of drug-likeness (QED) is 0.254. The number of allylic oxidation sites excluding steroid dienone is 5. The zero-order valence-electron chi connectivity index (χ0n) is 26.2. The number of carbonyl (C=O) groups is 2. The van der Waals surface area contributed by atoms with Gasteiger partial charge in [0, 0.05) is 53.9 Å². The fraction of sp³-hybridized carbons (Fsp3) is 0.429. The van der Waals surface area contributed by atoms with Crippen molar-refractivity contribution in [1.29, 1.82) is 0 Å². The van der Waals surface area contributed by atoms with E-state index in [4.69, 9.17) is 8.92 Å². The first-order chi connectivity index (χ1) is 20.1. The lowest BCUT2D eigenvalue weighted by Gasteiger charge is -2.48. The highest BCUT2D eigenvalue weighted by Crippen LogP contribution is 2.54. The summed E-state index contributed by atoms with van der Waals surface area (Å²) < 4.78 is 38.1. The van der Waals surface area contributed by atoms with Crippen LogP contribution in [-0.4, -0.2) is 39.0 Å². The summed E-state index contributed by atoms with van der Waals surface area (Å²) in [6.45, 7) is 14.2. The topological polar surface area (TPSA) is 90.0 Å². The van der Waals surface area contributed by atoms with E-state index in [1.165, 1.54) is 19.2 Å². The molecule has 3 aliphatic rings. The van der Waals surface area contributed by atoms with Gasteiger partial charge in [-0.2, -0.15) is 8.42 Å². The summed E-state index contributed by atoms with van der Waals surface area (Å²) in [4.78, 5) is 29.9. The number of hydrogen-bond acceptors (Lipinski definition) is 7. The molecule has 1 heterocycles. The van der Waals surface area contributed by atoms with Crippen LogP contribution in [0.4, 0.5) is 0 Å². The van der Waals surface area contributed by atoms with Gasteiger partial charge in [0.1, 0.15) is 4.90 Å². The molecule has 0 aromatic heterocycles. The predicted molar refractivity (Wildman–Crippen MR) is 166 cm³/mol. The molecule has 0 saturated heterocycles. The van der Waals surface area contributed by atoms with Crippen LogP contribution >= 0.6 is 0 Å². The molecule has 0 radical (unpaired) electrons. The van der Waals surface area contributed by atoms with Crippen molar-refractivity contribution in [3.63, 3.8) is 0 Å². The maximum Gasteiger partial charge on any atom is 0.339 e. The molecular weight excluding hydrogens is 562 g/mol. The third-order valence-electron chi connectivity index (χ3n) is 8.75. The highest BCUT2D eigenvalue weighted by Gasteiger charge is 2.48. The molecule has 1 aliphatic heterocycles. The Morgan fingerprint density at radius 1 is 0.930 bits per heavy atom. The van der Waals surface area contributed by atoms with Crippen LogP contribution in [0.1, 0.15) is 76.0 Å². The molecule has 43 heavy (non-hydrogen) atoms. The highest BCUT2D eigenvalue weighted by molar-refractivity contribution is 7.87. The van der Waals surface area contributed by atoms with E-state index in [0.29, 0.717) is 48.0 Å². The maximum atomic E-state index is 13.9. The number of ether oxygens (including phenoxy) is 1. The Labute approximate surface area is 255 Å². The molecular formula is C35H41NO6S. The summed E-state index contributed by atoms with van der Waals surface area (Å²) in [5, 5.41) is 0. The Morgan fingerprint density at radius 3 is 1.95 bits per heavy atom. The molecule has 0 unspecified atom stereocenters. The van der Waals surface area contributed by atoms with Crippen molar-refractivity contribution in [3.8, 4) is 11.5 Å². The lowest BCUT2D eigenvalue weighted by molar-refractivity contribution is -0.119. The van der Waals surface area contributed by atoms with E-state index in [1.54, 1.807) is 24.3 Å². The molecule has 7 nitrogen and oxygen atoms in total. The summed E-state index contributed by atoms with van der Waals surface area (Å²) >= 11 is 0. The third-order valence-corrected chi connectivity index (χ3v) is 9.99. The molecule has 0 spiro atoms. The Balaban J connectivity index is 1.72. The number of methoxy groups -OCH3 is 1. The first-order valence-corrected chi connectivity index (χ1v) is 16.1. The predicted octanol–water partition coefficient (Wildman–Crippen LogP) is 6.82. The van der Waals surface area contributed by atoms with E-state index in [2.05, 4.69) is 39.2 Å². The second kappa shape index (κ2) is 10.8. The van der Waals surface area contributed by atoms with Gasteiger partial charge in [0.2, 0.25) is 0 Å². The van der Waals surface area contributed by atoms with Gasteiger partial charge in [-0.1, -0.05) is 57.5 Å². The molecule has 0 atom stereocenters. The van der Waals surface area contributed by atoms with Crippen molar-refractivity contribution >= 4 is 21.7 Å². The molecule has 0 fully saturated rings. The molecule has 228 valence electrons. The average Bonchev–Trinajstić information content (AvgIpc) is 2.90. The van der Waals surface area contributed by atoms with Crippen molar-refractivity contribution < 1.29 is 26.9 Å². The van der Waals surface area contributed by atoms with Crippen LogP contribution in [-0.2, 0) is 26.1 Å². The van der Waals surface area contributed by atoms with Crippen LogP contribution in [0, 0.1) is 17.8 Å². The second-order valence-corrected chi connectivity index (χ2v) is 15.2. The Bertz CT molecular complexity index is 1640. The van der Waals surface area contributed by atoms with Gasteiger partial charge < -0.3 is 13.8 Å². The largest absolute Gasteiger partial charge is 0.493 e. The van der Waals surface area contributed by atoms with E-state index in [9.17, 15) is 18.0 Å². The monoisotopic (exact) mass is 603 g/mol. The first-order valence-electron chi connectivity index (χ1n) is 14.7. The molecule has 2 aromatic rings. The maximum absolute atomic E-state index is 13.9. The number of hydrogen-bond donors (Lipinski definition) is 0. The molecule has 0 saturated carbocycles. The lowest BCUT2D eigenvalue weighted by atomic mass is 9.63. The molecule has 0 amide bonds. The van der Waals surface area contributed by atoms with Gasteiger partial charge >= 0.3 is 10.1 Å². The highest BCUT2D eigenvalue weighted by atomic mass is 32.2. The lowest BCUT2D eigenvalue weighted by Crippen LogP contribution is -2.43. The summed E-state index contributed by atoms with van der Waals surface area (Å²) in [6, 6.07) is 10.00. The zero-order chi connectivity index (χ0) is 31.5. The fourth-order valence-corrected chi connectivity index (χ4v) is 7.74. The molecule has 2 aliphatic carbocycles. The number of nitrogens with zero attached hydrogens (tertiary/aromatic N) is 1. The number of carbonyl (C=O) groups excluding carboxylic acids is 2. The van der Waals surface area contributed by atoms with Gasteiger partial charge in [-0.15, -0.1) is 6.58 Å². The minimum absolute atomic E-state index is 0.0267. The normalized spacial score (nSPS) is 20.1. The molecule has 2 aromatic carbocycles. The summed E-state index contributed by atoms with van der Waals surface area (Å²) in [5.74, 6) is -0.262. The molecule has 0 bridgehead atoms. The Hall–Kier alpha value is -3.65. The van der Waals surface area contributed by atoms with E-state index in [-0.39, 0.29) is 45.2 Å². The third kappa shape index (κ3) is 5.69. The number of Topliss-reactive ketones (excluding diaryl/α,β-unsaturated/α-hetero) is 2. The van der Waals surface area contributed by atoms with E-state index in [0.717, 1.165) is 17.0 Å². The van der Waals surface area contributed by atoms with Gasteiger partial charge in [-0.3, -0.25) is 9.59 Å². The van der Waals surface area contributed by atoms with Crippen LogP contribution < -0.4 is 8.92 Å². The molecule has 8 heteroatoms. The SMILES string of the molecule is C=CCc1cc(C2C3=C(CC(C)(C)CC3=O)N(C)C3=C2C(=O)CC(C)(C)C3)cc(OC)c1OS(=O)(=O)c1ccc(C)cc1. The van der Waals surface area contributed by atoms with Crippen LogP contribution in [0.2, 0.25) is 0 Å².